The number of aliphatic hydroxyl groups excluding tert-OH is 1. The van der Waals surface area contributed by atoms with Crippen molar-refractivity contribution in [3.8, 4) is 5.75 Å². The summed E-state index contributed by atoms with van der Waals surface area (Å²) in [4.78, 5) is -0.305. The van der Waals surface area contributed by atoms with E-state index in [0.29, 0.717) is 5.75 Å². The molecule has 0 radical (unpaired) electrons. The Bertz CT molecular complexity index is 423. The number of aliphatic hydroxyl groups is 1. The molecule has 0 fully saturated rings. The monoisotopic (exact) mass is 218 g/mol. The van der Waals surface area contributed by atoms with Gasteiger partial charge in [-0.25, -0.2) is 0 Å². The largest absolute Gasteiger partial charge is 0.497 e. The molecule has 0 bridgehead atoms. The molecule has 0 unspecified atom stereocenters. The summed E-state index contributed by atoms with van der Waals surface area (Å²) in [5.74, 6) is 0.418. The smallest absolute Gasteiger partial charge is 0.294 e. The average Bonchev–Trinajstić information content (AvgIpc) is 2.15. The van der Waals surface area contributed by atoms with Crippen molar-refractivity contribution in [2.24, 2.45) is 0 Å². The topological polar surface area (TPSA) is 83.8 Å². The minimum Gasteiger partial charge on any atom is -0.497 e. The number of rotatable bonds is 3. The molecule has 0 heterocycles. The van der Waals surface area contributed by atoms with Crippen molar-refractivity contribution in [1.82, 2.24) is 0 Å². The van der Waals surface area contributed by atoms with Gasteiger partial charge in [0.15, 0.2) is 0 Å². The molecule has 0 spiro atoms. The van der Waals surface area contributed by atoms with E-state index in [2.05, 4.69) is 0 Å². The van der Waals surface area contributed by atoms with Crippen LogP contribution in [-0.4, -0.2) is 25.2 Å². The van der Waals surface area contributed by atoms with Crippen LogP contribution < -0.4 is 4.74 Å². The summed E-state index contributed by atoms with van der Waals surface area (Å²) in [6.07, 6.45) is 0. The van der Waals surface area contributed by atoms with Crippen molar-refractivity contribution >= 4 is 10.1 Å². The third-order valence-electron chi connectivity index (χ3n) is 1.72. The molecule has 0 saturated carbocycles. The molecule has 2 N–H and O–H groups in total. The zero-order valence-electron chi connectivity index (χ0n) is 7.47. The summed E-state index contributed by atoms with van der Waals surface area (Å²) < 4.78 is 35.3. The number of benzene rings is 1. The molecule has 1 rings (SSSR count). The highest BCUT2D eigenvalue weighted by Gasteiger charge is 2.15. The van der Waals surface area contributed by atoms with Crippen molar-refractivity contribution in [3.05, 3.63) is 23.8 Å². The van der Waals surface area contributed by atoms with Crippen LogP contribution in [0.15, 0.2) is 23.1 Å². The summed E-state index contributed by atoms with van der Waals surface area (Å²) in [5.41, 5.74) is 0.104. The van der Waals surface area contributed by atoms with Crippen molar-refractivity contribution in [3.63, 3.8) is 0 Å². The molecule has 0 amide bonds. The maximum atomic E-state index is 10.8. The molecule has 6 heteroatoms. The Labute approximate surface area is 81.7 Å². The summed E-state index contributed by atoms with van der Waals surface area (Å²) >= 11 is 0. The Hall–Kier alpha value is -1.11. The zero-order chi connectivity index (χ0) is 10.8. The molecule has 0 atom stereocenters. The standard InChI is InChI=1S/C8H10O5S/c1-13-7-2-3-8(14(10,11)12)6(4-7)5-9/h2-4,9H,5H2,1H3,(H,10,11,12). The Balaban J connectivity index is 3.33. The van der Waals surface area contributed by atoms with E-state index >= 15 is 0 Å². The van der Waals surface area contributed by atoms with Gasteiger partial charge in [0, 0.05) is 5.56 Å². The van der Waals surface area contributed by atoms with Gasteiger partial charge in [0.1, 0.15) is 5.75 Å². The molecule has 0 aliphatic carbocycles. The highest BCUT2D eigenvalue weighted by Crippen LogP contribution is 2.21. The van der Waals surface area contributed by atoms with Crippen LogP contribution in [0.4, 0.5) is 0 Å². The lowest BCUT2D eigenvalue weighted by molar-refractivity contribution is 0.277. The summed E-state index contributed by atoms with van der Waals surface area (Å²) in [5, 5.41) is 8.87. The van der Waals surface area contributed by atoms with E-state index in [1.54, 1.807) is 0 Å². The Morgan fingerprint density at radius 2 is 2.07 bits per heavy atom. The molecule has 14 heavy (non-hydrogen) atoms. The normalized spacial score (nSPS) is 11.4. The van der Waals surface area contributed by atoms with Gasteiger partial charge in [-0.15, -0.1) is 0 Å². The van der Waals surface area contributed by atoms with Crippen molar-refractivity contribution in [1.29, 1.82) is 0 Å². The first-order valence-corrected chi connectivity index (χ1v) is 5.18. The Morgan fingerprint density at radius 1 is 1.43 bits per heavy atom. The van der Waals surface area contributed by atoms with Crippen LogP contribution in [0, 0.1) is 0 Å². The fraction of sp³-hybridized carbons (Fsp3) is 0.250. The fourth-order valence-corrected chi connectivity index (χ4v) is 1.75. The van der Waals surface area contributed by atoms with Crippen LogP contribution in [-0.2, 0) is 16.7 Å². The van der Waals surface area contributed by atoms with Crippen LogP contribution in [0.5, 0.6) is 5.75 Å². The predicted molar refractivity (Wildman–Crippen MR) is 48.7 cm³/mol. The second-order valence-electron chi connectivity index (χ2n) is 2.61. The Kier molecular flexibility index (Phi) is 3.10. The van der Waals surface area contributed by atoms with Crippen LogP contribution in [0.1, 0.15) is 5.56 Å². The van der Waals surface area contributed by atoms with Gasteiger partial charge in [0.05, 0.1) is 18.6 Å². The highest BCUT2D eigenvalue weighted by atomic mass is 32.2. The quantitative estimate of drug-likeness (QED) is 0.719. The number of hydrogen-bond donors (Lipinski definition) is 2. The lowest BCUT2D eigenvalue weighted by Crippen LogP contribution is -2.03. The minimum absolute atomic E-state index is 0.104. The van der Waals surface area contributed by atoms with Gasteiger partial charge in [-0.2, -0.15) is 8.42 Å². The van der Waals surface area contributed by atoms with Crippen LogP contribution >= 0.6 is 0 Å². The van der Waals surface area contributed by atoms with Gasteiger partial charge < -0.3 is 9.84 Å². The second kappa shape index (κ2) is 3.95. The van der Waals surface area contributed by atoms with Gasteiger partial charge in [-0.3, -0.25) is 4.55 Å². The van der Waals surface area contributed by atoms with E-state index in [4.69, 9.17) is 14.4 Å². The minimum atomic E-state index is -4.29. The molecule has 1 aromatic carbocycles. The van der Waals surface area contributed by atoms with Gasteiger partial charge >= 0.3 is 0 Å². The number of ether oxygens (including phenoxy) is 1. The lowest BCUT2D eigenvalue weighted by atomic mass is 10.2. The molecule has 5 nitrogen and oxygen atoms in total. The number of hydrogen-bond acceptors (Lipinski definition) is 4. The van der Waals surface area contributed by atoms with Gasteiger partial charge in [-0.05, 0) is 18.2 Å². The first-order valence-electron chi connectivity index (χ1n) is 3.74. The predicted octanol–water partition coefficient (Wildman–Crippen LogP) is 0.434. The van der Waals surface area contributed by atoms with Gasteiger partial charge in [-0.1, -0.05) is 0 Å². The van der Waals surface area contributed by atoms with E-state index in [9.17, 15) is 8.42 Å². The molecule has 0 aliphatic heterocycles. The Morgan fingerprint density at radius 3 is 2.50 bits per heavy atom. The maximum Gasteiger partial charge on any atom is 0.294 e. The van der Waals surface area contributed by atoms with Gasteiger partial charge in [0.25, 0.3) is 10.1 Å². The van der Waals surface area contributed by atoms with E-state index in [0.717, 1.165) is 0 Å². The molecule has 1 aromatic rings. The molecule has 0 aliphatic rings. The van der Waals surface area contributed by atoms with Gasteiger partial charge in [0.2, 0.25) is 0 Å². The van der Waals surface area contributed by atoms with Crippen molar-refractivity contribution in [2.75, 3.05) is 7.11 Å². The third-order valence-corrected chi connectivity index (χ3v) is 2.67. The maximum absolute atomic E-state index is 10.8. The van der Waals surface area contributed by atoms with E-state index in [-0.39, 0.29) is 10.5 Å². The van der Waals surface area contributed by atoms with E-state index in [1.165, 1.54) is 25.3 Å². The average molecular weight is 218 g/mol. The van der Waals surface area contributed by atoms with E-state index < -0.39 is 16.7 Å². The van der Waals surface area contributed by atoms with E-state index in [1.807, 2.05) is 0 Å². The number of methoxy groups -OCH3 is 1. The van der Waals surface area contributed by atoms with Crippen molar-refractivity contribution < 1.29 is 22.8 Å². The highest BCUT2D eigenvalue weighted by molar-refractivity contribution is 7.85. The van der Waals surface area contributed by atoms with Crippen LogP contribution in [0.25, 0.3) is 0 Å². The SMILES string of the molecule is COc1ccc(S(=O)(=O)O)c(CO)c1. The van der Waals surface area contributed by atoms with Crippen LogP contribution in [0.3, 0.4) is 0 Å². The van der Waals surface area contributed by atoms with Crippen LogP contribution in [0.2, 0.25) is 0 Å². The molecular formula is C8H10O5S. The third kappa shape index (κ3) is 2.22. The first-order chi connectivity index (χ1) is 6.49. The van der Waals surface area contributed by atoms with Crippen molar-refractivity contribution in [2.45, 2.75) is 11.5 Å². The zero-order valence-corrected chi connectivity index (χ0v) is 8.28. The molecule has 0 saturated heterocycles. The summed E-state index contributed by atoms with van der Waals surface area (Å²) in [6, 6.07) is 3.92. The second-order valence-corrected chi connectivity index (χ2v) is 4.00. The summed E-state index contributed by atoms with van der Waals surface area (Å²) in [7, 11) is -2.87. The first kappa shape index (κ1) is 11.0. The fourth-order valence-electron chi connectivity index (χ4n) is 1.06. The molecule has 0 aromatic heterocycles. The summed E-state index contributed by atoms with van der Waals surface area (Å²) in [6.45, 7) is -0.480. The molecular weight excluding hydrogens is 208 g/mol. The lowest BCUT2D eigenvalue weighted by Gasteiger charge is -2.06. The molecule has 78 valence electrons.